The van der Waals surface area contributed by atoms with E-state index >= 15 is 0 Å². The molecule has 2 aliphatic heterocycles. The molecule has 2 unspecified atom stereocenters. The number of hydrogen-bond donors (Lipinski definition) is 3. The maximum atomic E-state index is 13.5. The molecule has 0 bridgehead atoms. The molecule has 284 valence electrons. The maximum Gasteiger partial charge on any atom is 0.278 e. The summed E-state index contributed by atoms with van der Waals surface area (Å²) in [6.45, 7) is 11.3. The number of piperidine rings is 1. The third kappa shape index (κ3) is 7.74. The number of rotatable bonds is 12. The van der Waals surface area contributed by atoms with Crippen molar-refractivity contribution in [2.75, 3.05) is 48.3 Å². The normalized spacial score (nSPS) is 18.9. The van der Waals surface area contributed by atoms with Gasteiger partial charge in [-0.3, -0.25) is 19.7 Å². The van der Waals surface area contributed by atoms with Crippen molar-refractivity contribution in [3.05, 3.63) is 107 Å². The van der Waals surface area contributed by atoms with E-state index in [1.54, 1.807) is 17.0 Å². The highest BCUT2D eigenvalue weighted by Gasteiger charge is 2.27. The summed E-state index contributed by atoms with van der Waals surface area (Å²) in [5, 5.41) is 9.45. The predicted molar refractivity (Wildman–Crippen MR) is 215 cm³/mol. The number of benzene rings is 2. The van der Waals surface area contributed by atoms with E-state index in [4.69, 9.17) is 9.97 Å². The van der Waals surface area contributed by atoms with Gasteiger partial charge in [0.05, 0.1) is 6.54 Å². The minimum atomic E-state index is -0.386. The Labute approximate surface area is 320 Å². The van der Waals surface area contributed by atoms with Gasteiger partial charge in [0.25, 0.3) is 5.56 Å². The third-order valence-electron chi connectivity index (χ3n) is 11.2. The number of allylic oxidation sites excluding steroid dienone is 1. The number of hydrogen-bond acceptors (Lipinski definition) is 10. The van der Waals surface area contributed by atoms with Crippen LogP contribution in [-0.4, -0.2) is 79.8 Å². The topological polar surface area (TPSA) is 142 Å². The molecule has 13 nitrogen and oxygen atoms in total. The number of nitrogens with one attached hydrogen (secondary N) is 3. The van der Waals surface area contributed by atoms with E-state index < -0.39 is 0 Å². The largest absolute Gasteiger partial charge is 0.374 e. The third-order valence-corrected chi connectivity index (χ3v) is 11.2. The van der Waals surface area contributed by atoms with Gasteiger partial charge < -0.3 is 20.4 Å². The van der Waals surface area contributed by atoms with Gasteiger partial charge in [-0.25, -0.2) is 19.3 Å². The molecule has 2 aromatic carbocycles. The quantitative estimate of drug-likeness (QED) is 0.114. The fourth-order valence-corrected chi connectivity index (χ4v) is 8.07. The summed E-state index contributed by atoms with van der Waals surface area (Å²) >= 11 is 0. The zero-order valence-corrected chi connectivity index (χ0v) is 31.3. The Bertz CT molecular complexity index is 2260. The van der Waals surface area contributed by atoms with E-state index in [0.29, 0.717) is 48.1 Å². The number of aromatic nitrogens is 5. The number of carbonyl (C=O) groups excluding carboxylic acids is 2. The Balaban J connectivity index is 0.881. The minimum Gasteiger partial charge on any atom is -0.374 e. The van der Waals surface area contributed by atoms with Gasteiger partial charge in [-0.05, 0) is 98.7 Å². The summed E-state index contributed by atoms with van der Waals surface area (Å²) in [6, 6.07) is 20.4. The number of carbonyl (C=O) groups is 2. The molecule has 55 heavy (non-hydrogen) atoms. The number of amides is 2. The lowest BCUT2D eigenvalue weighted by Crippen LogP contribution is -2.47. The van der Waals surface area contributed by atoms with Crippen LogP contribution in [0.15, 0.2) is 84.3 Å². The predicted octanol–water partition coefficient (Wildman–Crippen LogP) is 5.32. The highest BCUT2D eigenvalue weighted by molar-refractivity contribution is 6.01. The molecule has 2 atom stereocenters. The number of anilines is 4. The molecule has 3 aromatic heterocycles. The van der Waals surface area contributed by atoms with E-state index in [-0.39, 0.29) is 23.4 Å². The average molecular weight is 741 g/mol. The summed E-state index contributed by atoms with van der Waals surface area (Å²) in [5.41, 5.74) is 6.91. The molecular formula is C42H48N10O3. The molecule has 8 rings (SSSR count). The first kappa shape index (κ1) is 36.2. The van der Waals surface area contributed by atoms with Crippen molar-refractivity contribution in [2.45, 2.75) is 70.4 Å². The lowest BCUT2D eigenvalue weighted by Gasteiger charge is -2.25. The molecule has 2 fully saturated rings. The Morgan fingerprint density at radius 1 is 0.909 bits per heavy atom. The molecule has 5 aromatic rings. The van der Waals surface area contributed by atoms with Crippen LogP contribution >= 0.6 is 0 Å². The van der Waals surface area contributed by atoms with Crippen molar-refractivity contribution in [3.8, 4) is 5.82 Å². The SMILES string of the molecule is C=CCn1c(=O)c2cnc(Nc3ccc(CCN4CCCN(c5ccc(NC6CCC(=O)NC6=O)cc5)CC4)cc3)nc2n1-c1ccc2c(n1)C(CC)CC2. The number of fused-ring (bicyclic) bond motifs is 2. The van der Waals surface area contributed by atoms with Crippen molar-refractivity contribution in [3.63, 3.8) is 0 Å². The highest BCUT2D eigenvalue weighted by atomic mass is 16.2. The van der Waals surface area contributed by atoms with E-state index in [1.807, 2.05) is 22.9 Å². The molecule has 2 saturated heterocycles. The summed E-state index contributed by atoms with van der Waals surface area (Å²) in [7, 11) is 0. The van der Waals surface area contributed by atoms with Crippen LogP contribution in [0.2, 0.25) is 0 Å². The molecular weight excluding hydrogens is 693 g/mol. The summed E-state index contributed by atoms with van der Waals surface area (Å²) < 4.78 is 3.43. The Hall–Kier alpha value is -5.82. The first-order valence-electron chi connectivity index (χ1n) is 19.5. The van der Waals surface area contributed by atoms with E-state index in [1.165, 1.54) is 16.8 Å². The molecule has 0 saturated carbocycles. The summed E-state index contributed by atoms with van der Waals surface area (Å²) in [5.74, 6) is 1.04. The molecule has 3 N–H and O–H groups in total. The van der Waals surface area contributed by atoms with Crippen molar-refractivity contribution < 1.29 is 9.59 Å². The van der Waals surface area contributed by atoms with E-state index in [9.17, 15) is 14.4 Å². The van der Waals surface area contributed by atoms with Crippen LogP contribution in [0.5, 0.6) is 0 Å². The van der Waals surface area contributed by atoms with E-state index in [0.717, 1.165) is 81.9 Å². The molecule has 0 spiro atoms. The van der Waals surface area contributed by atoms with Crippen LogP contribution in [-0.2, 0) is 29.0 Å². The van der Waals surface area contributed by atoms with Crippen LogP contribution < -0.4 is 26.4 Å². The first-order valence-corrected chi connectivity index (χ1v) is 19.5. The summed E-state index contributed by atoms with van der Waals surface area (Å²) in [6.07, 6.45) is 9.37. The fraction of sp³-hybridized carbons (Fsp3) is 0.381. The van der Waals surface area contributed by atoms with Crippen LogP contribution in [0, 0.1) is 0 Å². The van der Waals surface area contributed by atoms with Gasteiger partial charge in [-0.1, -0.05) is 31.2 Å². The van der Waals surface area contributed by atoms with Gasteiger partial charge >= 0.3 is 0 Å². The smallest absolute Gasteiger partial charge is 0.278 e. The maximum absolute atomic E-state index is 13.5. The second-order valence-electron chi connectivity index (χ2n) is 14.7. The zero-order valence-electron chi connectivity index (χ0n) is 31.3. The van der Waals surface area contributed by atoms with Crippen molar-refractivity contribution in [1.82, 2.24) is 34.5 Å². The standard InChI is InChI=1S/C42H48N10O3/c1-3-21-51-41(55)34-27-43-42(48-39(34)52(51)36-18-10-30-9-8-29(4-2)38(30)46-36)45-32-11-6-28(7-12-32)20-24-49-22-5-23-50(26-25-49)33-15-13-31(14-16-33)44-35-17-19-37(53)47-40(35)54/h3,6-7,10-16,18,27,29,35,44H,1,4-5,8-9,17,19-26H2,2H3,(H,43,45,48)(H,47,53,54). The van der Waals surface area contributed by atoms with Crippen molar-refractivity contribution >= 4 is 45.9 Å². The monoisotopic (exact) mass is 740 g/mol. The molecule has 2 amide bonds. The minimum absolute atomic E-state index is 0.174. The van der Waals surface area contributed by atoms with Crippen LogP contribution in [0.4, 0.5) is 23.0 Å². The lowest BCUT2D eigenvalue weighted by molar-refractivity contribution is -0.133. The molecule has 1 aliphatic carbocycles. The molecule has 0 radical (unpaired) electrons. The first-order chi connectivity index (χ1) is 26.9. The zero-order chi connectivity index (χ0) is 37.9. The van der Waals surface area contributed by atoms with Gasteiger partial charge in [-0.2, -0.15) is 4.98 Å². The number of aryl methyl sites for hydroxylation is 1. The second-order valence-corrected chi connectivity index (χ2v) is 14.7. The van der Waals surface area contributed by atoms with Gasteiger partial charge in [-0.15, -0.1) is 6.58 Å². The van der Waals surface area contributed by atoms with Crippen molar-refractivity contribution in [2.24, 2.45) is 0 Å². The highest BCUT2D eigenvalue weighted by Crippen LogP contribution is 2.34. The van der Waals surface area contributed by atoms with Crippen LogP contribution in [0.25, 0.3) is 16.9 Å². The number of pyridine rings is 1. The second kappa shape index (κ2) is 15.9. The number of imide groups is 1. The van der Waals surface area contributed by atoms with Crippen LogP contribution in [0.1, 0.15) is 61.8 Å². The van der Waals surface area contributed by atoms with Gasteiger partial charge in [0, 0.05) is 67.5 Å². The molecule has 3 aliphatic rings. The Morgan fingerprint density at radius 3 is 2.51 bits per heavy atom. The summed E-state index contributed by atoms with van der Waals surface area (Å²) in [4.78, 5) is 56.4. The van der Waals surface area contributed by atoms with Gasteiger partial charge in [0.2, 0.25) is 17.8 Å². The average Bonchev–Trinajstić information content (AvgIpc) is 3.62. The van der Waals surface area contributed by atoms with Gasteiger partial charge in [0.1, 0.15) is 11.4 Å². The van der Waals surface area contributed by atoms with Crippen LogP contribution in [0.3, 0.4) is 0 Å². The van der Waals surface area contributed by atoms with Gasteiger partial charge in [0.15, 0.2) is 11.5 Å². The Kier molecular flexibility index (Phi) is 10.4. The van der Waals surface area contributed by atoms with Crippen molar-refractivity contribution in [1.29, 1.82) is 0 Å². The van der Waals surface area contributed by atoms with E-state index in [2.05, 4.69) is 86.7 Å². The number of nitrogens with zero attached hydrogens (tertiary/aromatic N) is 7. The molecule has 13 heteroatoms. The fourth-order valence-electron chi connectivity index (χ4n) is 8.07. The lowest BCUT2D eigenvalue weighted by atomic mass is 10.0. The molecule has 5 heterocycles. The Morgan fingerprint density at radius 2 is 1.73 bits per heavy atom.